The SMILES string of the molecule is O=C(c1cc(Cc2n[nH]c(=O)c3ccccc23)ccc1F)N1CC(NC2CCNC2)C1. The predicted octanol–water partition coefficient (Wildman–Crippen LogP) is 1.43. The highest BCUT2D eigenvalue weighted by Gasteiger charge is 2.34. The van der Waals surface area contributed by atoms with Gasteiger partial charge in [0.05, 0.1) is 16.6 Å². The van der Waals surface area contributed by atoms with Crippen LogP contribution in [0.5, 0.6) is 0 Å². The molecule has 0 aliphatic carbocycles. The summed E-state index contributed by atoms with van der Waals surface area (Å²) in [5, 5.41) is 14.9. The minimum absolute atomic E-state index is 0.0761. The molecule has 8 heteroatoms. The number of amides is 1. The van der Waals surface area contributed by atoms with Gasteiger partial charge in [-0.2, -0.15) is 5.10 Å². The highest BCUT2D eigenvalue weighted by atomic mass is 19.1. The molecular weight excluding hydrogens is 397 g/mol. The van der Waals surface area contributed by atoms with Crippen LogP contribution in [0.25, 0.3) is 10.8 Å². The van der Waals surface area contributed by atoms with Crippen molar-refractivity contribution in [2.24, 2.45) is 0 Å². The average Bonchev–Trinajstić information content (AvgIpc) is 3.27. The van der Waals surface area contributed by atoms with Gasteiger partial charge in [0.25, 0.3) is 11.5 Å². The Bertz CT molecular complexity index is 1180. The number of aromatic amines is 1. The van der Waals surface area contributed by atoms with Crippen LogP contribution in [-0.2, 0) is 6.42 Å². The zero-order valence-corrected chi connectivity index (χ0v) is 17.0. The number of carbonyl (C=O) groups is 1. The first-order valence-electron chi connectivity index (χ1n) is 10.6. The van der Waals surface area contributed by atoms with Crippen LogP contribution >= 0.6 is 0 Å². The van der Waals surface area contributed by atoms with E-state index in [4.69, 9.17) is 0 Å². The van der Waals surface area contributed by atoms with Crippen molar-refractivity contribution >= 4 is 16.7 Å². The number of H-pyrrole nitrogens is 1. The highest BCUT2D eigenvalue weighted by molar-refractivity contribution is 5.95. The van der Waals surface area contributed by atoms with E-state index in [2.05, 4.69) is 20.8 Å². The molecule has 3 aromatic rings. The number of fused-ring (bicyclic) bond motifs is 1. The molecule has 0 saturated carbocycles. The average molecular weight is 421 g/mol. The van der Waals surface area contributed by atoms with Gasteiger partial charge in [-0.3, -0.25) is 9.59 Å². The molecule has 31 heavy (non-hydrogen) atoms. The van der Waals surface area contributed by atoms with Crippen molar-refractivity contribution in [3.8, 4) is 0 Å². The second-order valence-corrected chi connectivity index (χ2v) is 8.30. The minimum atomic E-state index is -0.524. The van der Waals surface area contributed by atoms with Crippen LogP contribution < -0.4 is 16.2 Å². The molecule has 2 saturated heterocycles. The van der Waals surface area contributed by atoms with Gasteiger partial charge >= 0.3 is 0 Å². The Kier molecular flexibility index (Phi) is 5.25. The van der Waals surface area contributed by atoms with Crippen LogP contribution in [0.3, 0.4) is 0 Å². The summed E-state index contributed by atoms with van der Waals surface area (Å²) in [6.45, 7) is 3.15. The zero-order valence-electron chi connectivity index (χ0n) is 17.0. The Morgan fingerprint density at radius 1 is 1.16 bits per heavy atom. The molecule has 2 aliphatic rings. The summed E-state index contributed by atoms with van der Waals surface area (Å²) in [5.74, 6) is -0.814. The van der Waals surface area contributed by atoms with Gasteiger partial charge in [0.1, 0.15) is 5.82 Å². The number of carbonyl (C=O) groups excluding carboxylic acids is 1. The fraction of sp³-hybridized carbons (Fsp3) is 0.348. The lowest BCUT2D eigenvalue weighted by molar-refractivity contribution is 0.0550. The fourth-order valence-corrected chi connectivity index (χ4v) is 4.40. The number of hydrogen-bond donors (Lipinski definition) is 3. The molecule has 0 bridgehead atoms. The van der Waals surface area contributed by atoms with Crippen LogP contribution in [0.15, 0.2) is 47.3 Å². The maximum Gasteiger partial charge on any atom is 0.272 e. The Morgan fingerprint density at radius 2 is 1.97 bits per heavy atom. The summed E-state index contributed by atoms with van der Waals surface area (Å²) in [6, 6.07) is 12.5. The number of benzene rings is 2. The highest BCUT2D eigenvalue weighted by Crippen LogP contribution is 2.21. The molecule has 0 spiro atoms. The van der Waals surface area contributed by atoms with Gasteiger partial charge < -0.3 is 15.5 Å². The van der Waals surface area contributed by atoms with Gasteiger partial charge in [-0.1, -0.05) is 24.3 Å². The first-order valence-corrected chi connectivity index (χ1v) is 10.6. The molecule has 2 fully saturated rings. The molecule has 1 aromatic heterocycles. The van der Waals surface area contributed by atoms with Crippen molar-refractivity contribution in [3.63, 3.8) is 0 Å². The number of halogens is 1. The molecule has 3 heterocycles. The van der Waals surface area contributed by atoms with Crippen molar-refractivity contribution in [2.75, 3.05) is 26.2 Å². The maximum absolute atomic E-state index is 14.5. The topological polar surface area (TPSA) is 90.1 Å². The van der Waals surface area contributed by atoms with E-state index >= 15 is 0 Å². The third kappa shape index (κ3) is 3.96. The summed E-state index contributed by atoms with van der Waals surface area (Å²) in [4.78, 5) is 26.5. The standard InChI is InChI=1S/C23H24FN5O2/c24-20-6-5-14(10-21-17-3-1-2-4-18(17)22(30)28-27-21)9-19(20)23(31)29-12-16(13-29)26-15-7-8-25-11-15/h1-6,9,15-16,25-26H,7-8,10-13H2,(H,28,30). The summed E-state index contributed by atoms with van der Waals surface area (Å²) in [5.41, 5.74) is 1.27. The number of nitrogens with one attached hydrogen (secondary N) is 3. The van der Waals surface area contributed by atoms with Gasteiger partial charge in [0.15, 0.2) is 0 Å². The van der Waals surface area contributed by atoms with E-state index < -0.39 is 5.82 Å². The van der Waals surface area contributed by atoms with E-state index in [0.717, 1.165) is 30.5 Å². The molecule has 5 rings (SSSR count). The molecule has 1 unspecified atom stereocenters. The van der Waals surface area contributed by atoms with Gasteiger partial charge in [-0.05, 0) is 36.7 Å². The van der Waals surface area contributed by atoms with Crippen LogP contribution in [0.2, 0.25) is 0 Å². The zero-order chi connectivity index (χ0) is 21.4. The number of likely N-dealkylation sites (tertiary alicyclic amines) is 1. The molecule has 2 aromatic carbocycles. The predicted molar refractivity (Wildman–Crippen MR) is 116 cm³/mol. The van der Waals surface area contributed by atoms with Crippen LogP contribution in [0.1, 0.15) is 28.0 Å². The van der Waals surface area contributed by atoms with Crippen molar-refractivity contribution < 1.29 is 9.18 Å². The molecule has 3 N–H and O–H groups in total. The third-order valence-electron chi connectivity index (χ3n) is 6.11. The van der Waals surface area contributed by atoms with Gasteiger partial charge in [-0.15, -0.1) is 0 Å². The van der Waals surface area contributed by atoms with E-state index in [1.54, 1.807) is 29.2 Å². The lowest BCUT2D eigenvalue weighted by atomic mass is 10.0. The first kappa shape index (κ1) is 19.8. The molecule has 2 aliphatic heterocycles. The molecular formula is C23H24FN5O2. The smallest absolute Gasteiger partial charge is 0.272 e. The number of aromatic nitrogens is 2. The molecule has 1 atom stereocenters. The van der Waals surface area contributed by atoms with Gasteiger partial charge in [0, 0.05) is 43.5 Å². The monoisotopic (exact) mass is 421 g/mol. The normalized spacial score (nSPS) is 19.0. The molecule has 160 valence electrons. The van der Waals surface area contributed by atoms with E-state index in [0.29, 0.717) is 36.6 Å². The van der Waals surface area contributed by atoms with Crippen LogP contribution in [-0.4, -0.2) is 59.3 Å². The number of rotatable bonds is 5. The second-order valence-electron chi connectivity index (χ2n) is 8.30. The van der Waals surface area contributed by atoms with E-state index in [-0.39, 0.29) is 23.1 Å². The van der Waals surface area contributed by atoms with E-state index in [9.17, 15) is 14.0 Å². The Morgan fingerprint density at radius 3 is 2.74 bits per heavy atom. The van der Waals surface area contributed by atoms with Crippen LogP contribution in [0.4, 0.5) is 4.39 Å². The van der Waals surface area contributed by atoms with Crippen molar-refractivity contribution in [3.05, 3.63) is 75.5 Å². The van der Waals surface area contributed by atoms with Gasteiger partial charge in [-0.25, -0.2) is 9.49 Å². The van der Waals surface area contributed by atoms with Crippen LogP contribution in [0, 0.1) is 5.82 Å². The third-order valence-corrected chi connectivity index (χ3v) is 6.11. The maximum atomic E-state index is 14.5. The second kappa shape index (κ2) is 8.20. The summed E-state index contributed by atoms with van der Waals surface area (Å²) in [6.07, 6.45) is 1.48. The van der Waals surface area contributed by atoms with E-state index in [1.165, 1.54) is 6.07 Å². The summed E-state index contributed by atoms with van der Waals surface area (Å²) < 4.78 is 14.5. The lowest BCUT2D eigenvalue weighted by Gasteiger charge is -2.41. The number of nitrogens with zero attached hydrogens (tertiary/aromatic N) is 2. The molecule has 0 radical (unpaired) electrons. The van der Waals surface area contributed by atoms with Gasteiger partial charge in [0.2, 0.25) is 0 Å². The largest absolute Gasteiger partial charge is 0.335 e. The Balaban J connectivity index is 1.31. The van der Waals surface area contributed by atoms with E-state index in [1.807, 2.05) is 12.1 Å². The fourth-order valence-electron chi connectivity index (χ4n) is 4.40. The Hall–Kier alpha value is -3.10. The molecule has 1 amide bonds. The molecule has 7 nitrogen and oxygen atoms in total. The summed E-state index contributed by atoms with van der Waals surface area (Å²) in [7, 11) is 0. The lowest BCUT2D eigenvalue weighted by Crippen LogP contribution is -2.62. The van der Waals surface area contributed by atoms with Crippen molar-refractivity contribution in [1.82, 2.24) is 25.7 Å². The quantitative estimate of drug-likeness (QED) is 0.580. The summed E-state index contributed by atoms with van der Waals surface area (Å²) >= 11 is 0. The van der Waals surface area contributed by atoms with Crippen molar-refractivity contribution in [2.45, 2.75) is 24.9 Å². The first-order chi connectivity index (χ1) is 15.1. The minimum Gasteiger partial charge on any atom is -0.335 e. The Labute approximate surface area is 178 Å². The van der Waals surface area contributed by atoms with Crippen molar-refractivity contribution in [1.29, 1.82) is 0 Å². The number of hydrogen-bond acceptors (Lipinski definition) is 5.